The van der Waals surface area contributed by atoms with Crippen molar-refractivity contribution in [2.24, 2.45) is 5.92 Å². The van der Waals surface area contributed by atoms with Crippen molar-refractivity contribution in [2.45, 2.75) is 123 Å². The summed E-state index contributed by atoms with van der Waals surface area (Å²) < 4.78 is 25.2. The Balaban J connectivity index is 0.000000164. The van der Waals surface area contributed by atoms with Gasteiger partial charge >= 0.3 is 30.5 Å². The summed E-state index contributed by atoms with van der Waals surface area (Å²) in [5, 5.41) is 0. The number of imide groups is 5. The predicted molar refractivity (Wildman–Crippen MR) is 432 cm³/mol. The Labute approximate surface area is 660 Å². The molecule has 13 rings (SSSR count). The van der Waals surface area contributed by atoms with Crippen molar-refractivity contribution in [2.75, 3.05) is 33.0 Å². The molecule has 5 aliphatic rings. The summed E-state index contributed by atoms with van der Waals surface area (Å²) >= 11 is 0. The van der Waals surface area contributed by atoms with Crippen molar-refractivity contribution in [1.29, 1.82) is 0 Å². The minimum atomic E-state index is -0.591. The molecule has 584 valence electrons. The van der Waals surface area contributed by atoms with Gasteiger partial charge in [-0.05, 0) is 146 Å². The standard InChI is InChI=1S/C25H21NO3.C20H19NO3.C18H16N2O3.C15H17NO3.C14H23NO3/c27-24(26-23(18-29-25(26)28)17-20-7-3-1-4-8-20)16-13-19-11-14-22(15-12-19)21-9-5-2-6-10-21;1-15-7-9-16(10-8-15)11-12-19(22)21-18(14-24-20(21)23)13-17-5-3-2-4-6-17;21-17(9-8-15-7-4-10-19-12-15)20-16(13-23-18(20)22)11-14-5-2-1-3-6-14;1-11(2)8-14(17)16-13(10-19-15(16)18)9-12-6-4-3-5-7-12;1-4-5-6-7-8-9-13(16)15-12(11(2)3)10-18-14(15)17/h1-16,23H,17-18H2;2-12,18H,13-14H2,1H3;1-10,12,16H,11,13H2;3-8,13H,9-10H2,1-2H3;8-9,11-12H,4-7,10H2,1-3H3/b16-13+;12-11+;9-8+;;9-8+/t23-;18-;16-;13-;12-/m00001/s1. The van der Waals surface area contributed by atoms with E-state index in [0.717, 1.165) is 80.5 Å². The third kappa shape index (κ3) is 25.8. The van der Waals surface area contributed by atoms with Gasteiger partial charge in [-0.25, -0.2) is 48.5 Å². The maximum atomic E-state index is 12.7. The van der Waals surface area contributed by atoms with E-state index in [0.29, 0.717) is 32.3 Å². The Morgan fingerprint density at radius 1 is 0.398 bits per heavy atom. The molecule has 0 spiro atoms. The van der Waals surface area contributed by atoms with E-state index < -0.39 is 30.5 Å². The molecule has 10 amide bonds. The molecular formula is C92H96N6O15. The lowest BCUT2D eigenvalue weighted by molar-refractivity contribution is -0.125. The molecule has 0 saturated carbocycles. The molecule has 5 fully saturated rings. The lowest BCUT2D eigenvalue weighted by Crippen LogP contribution is -2.40. The van der Waals surface area contributed by atoms with Gasteiger partial charge in [0.15, 0.2) is 0 Å². The molecule has 5 atom stereocenters. The molecule has 0 aliphatic carbocycles. The molecule has 8 aromatic rings. The van der Waals surface area contributed by atoms with Crippen molar-refractivity contribution in [3.05, 3.63) is 311 Å². The zero-order valence-electron chi connectivity index (χ0n) is 64.5. The highest BCUT2D eigenvalue weighted by molar-refractivity contribution is 6.04. The molecule has 0 unspecified atom stereocenters. The van der Waals surface area contributed by atoms with E-state index in [-0.39, 0.29) is 92.1 Å². The lowest BCUT2D eigenvalue weighted by atomic mass is 10.0. The van der Waals surface area contributed by atoms with Crippen LogP contribution in [0.15, 0.2) is 267 Å². The second-order valence-electron chi connectivity index (χ2n) is 27.9. The van der Waals surface area contributed by atoms with E-state index in [4.69, 9.17) is 23.7 Å². The summed E-state index contributed by atoms with van der Waals surface area (Å²) in [6, 6.07) is 67.4. The third-order valence-corrected chi connectivity index (χ3v) is 18.6. The molecular weight excluding hydrogens is 1430 g/mol. The number of carbonyl (C=O) groups is 10. The molecule has 7 aromatic carbocycles. The number of benzene rings is 7. The normalized spacial score (nSPS) is 17.6. The Morgan fingerprint density at radius 3 is 1.12 bits per heavy atom. The highest BCUT2D eigenvalue weighted by Gasteiger charge is 2.41. The van der Waals surface area contributed by atoms with E-state index in [1.165, 1.54) is 61.3 Å². The SMILES string of the molecule is CC(C)=CC(=O)N1C(=O)OC[C@@H]1Cc1ccccc1.CCCCC/C=C/C(=O)N1C(=O)OC[C@@H]1C(C)C.Cc1ccc(/C=C/C(=O)N2C(=O)OC[C@@H]2Cc2ccccc2)cc1.O=C(/C=C/c1ccc(-c2ccccc2)cc1)N1C(=O)OC[C@@H]1Cc1ccccc1.O=C(/C=C/c1cccnc1)N1C(=O)OC[C@@H]1Cc1ccccc1. The number of nitrogens with zero attached hydrogens (tertiary/aromatic N) is 6. The van der Waals surface area contributed by atoms with E-state index in [9.17, 15) is 47.9 Å². The fourth-order valence-electron chi connectivity index (χ4n) is 12.7. The highest BCUT2D eigenvalue weighted by atomic mass is 16.6. The van der Waals surface area contributed by atoms with Crippen LogP contribution < -0.4 is 0 Å². The van der Waals surface area contributed by atoms with E-state index >= 15 is 0 Å². The van der Waals surface area contributed by atoms with Gasteiger partial charge in [0.2, 0.25) is 0 Å². The first kappa shape index (κ1) is 84.1. The second kappa shape index (κ2) is 43.5. The minimum Gasteiger partial charge on any atom is -0.447 e. The molecule has 5 aliphatic heterocycles. The van der Waals surface area contributed by atoms with Gasteiger partial charge in [0.05, 0.1) is 30.2 Å². The number of unbranched alkanes of at least 4 members (excludes halogenated alkanes) is 3. The lowest BCUT2D eigenvalue weighted by Gasteiger charge is -2.20. The molecule has 113 heavy (non-hydrogen) atoms. The maximum absolute atomic E-state index is 12.7. The topological polar surface area (TPSA) is 246 Å². The van der Waals surface area contributed by atoms with Crippen LogP contribution in [0.1, 0.15) is 105 Å². The number of aryl methyl sites for hydroxylation is 1. The fourth-order valence-corrected chi connectivity index (χ4v) is 12.7. The van der Waals surface area contributed by atoms with Crippen molar-refractivity contribution >= 4 is 78.2 Å². The summed E-state index contributed by atoms with van der Waals surface area (Å²) in [7, 11) is 0. The average molecular weight is 1530 g/mol. The molecule has 0 radical (unpaired) electrons. The number of allylic oxidation sites excluding steroid dienone is 2. The van der Waals surface area contributed by atoms with E-state index in [2.05, 4.69) is 24.0 Å². The van der Waals surface area contributed by atoms with Crippen LogP contribution in [-0.2, 0) is 73.3 Å². The van der Waals surface area contributed by atoms with Gasteiger partial charge < -0.3 is 23.7 Å². The first-order chi connectivity index (χ1) is 54.7. The molecule has 21 nitrogen and oxygen atoms in total. The average Bonchev–Trinajstić information content (AvgIpc) is 1.73. The van der Waals surface area contributed by atoms with Gasteiger partial charge in [-0.3, -0.25) is 29.0 Å². The van der Waals surface area contributed by atoms with Crippen molar-refractivity contribution < 1.29 is 71.6 Å². The number of rotatable bonds is 22. The highest BCUT2D eigenvalue weighted by Crippen LogP contribution is 2.26. The predicted octanol–water partition coefficient (Wildman–Crippen LogP) is 16.9. The number of amides is 10. The van der Waals surface area contributed by atoms with Crippen LogP contribution in [0.2, 0.25) is 0 Å². The number of aromatic nitrogens is 1. The minimum absolute atomic E-state index is 0.134. The summed E-state index contributed by atoms with van der Waals surface area (Å²) in [6.07, 6.45) is 21.3. The Hall–Kier alpha value is -12.9. The van der Waals surface area contributed by atoms with Crippen molar-refractivity contribution in [3.63, 3.8) is 0 Å². The van der Waals surface area contributed by atoms with Crippen LogP contribution in [0.4, 0.5) is 24.0 Å². The van der Waals surface area contributed by atoms with Gasteiger partial charge in [-0.1, -0.05) is 257 Å². The third-order valence-electron chi connectivity index (χ3n) is 18.6. The van der Waals surface area contributed by atoms with Crippen LogP contribution in [-0.4, -0.2) is 153 Å². The fraction of sp³-hybridized carbons (Fsp3) is 0.272. The molecule has 6 heterocycles. The Bertz CT molecular complexity index is 4630. The van der Waals surface area contributed by atoms with Crippen LogP contribution in [0, 0.1) is 12.8 Å². The van der Waals surface area contributed by atoms with Gasteiger partial charge in [0.25, 0.3) is 29.5 Å². The number of cyclic esters (lactones) is 5. The van der Waals surface area contributed by atoms with Crippen LogP contribution in [0.3, 0.4) is 0 Å². The Morgan fingerprint density at radius 2 is 0.743 bits per heavy atom. The zero-order valence-corrected chi connectivity index (χ0v) is 64.5. The molecule has 21 heteroatoms. The number of pyridine rings is 1. The first-order valence-electron chi connectivity index (χ1n) is 37.9. The molecule has 0 N–H and O–H groups in total. The molecule has 5 saturated heterocycles. The first-order valence-corrected chi connectivity index (χ1v) is 37.9. The van der Waals surface area contributed by atoms with Crippen LogP contribution >= 0.6 is 0 Å². The largest absolute Gasteiger partial charge is 0.447 e. The van der Waals surface area contributed by atoms with E-state index in [1.807, 2.05) is 235 Å². The number of carbonyl (C=O) groups excluding carboxylic acids is 10. The monoisotopic (exact) mass is 1520 g/mol. The van der Waals surface area contributed by atoms with Gasteiger partial charge in [0.1, 0.15) is 33.0 Å². The number of hydrogen-bond donors (Lipinski definition) is 0. The van der Waals surface area contributed by atoms with Gasteiger partial charge in [-0.15, -0.1) is 0 Å². The van der Waals surface area contributed by atoms with Crippen molar-refractivity contribution in [1.82, 2.24) is 29.5 Å². The Kier molecular flexibility index (Phi) is 32.4. The summed E-state index contributed by atoms with van der Waals surface area (Å²) in [4.78, 5) is 130. The number of hydrogen-bond acceptors (Lipinski definition) is 16. The zero-order chi connectivity index (χ0) is 80.4. The maximum Gasteiger partial charge on any atom is 0.417 e. The van der Waals surface area contributed by atoms with Gasteiger partial charge in [-0.2, -0.15) is 0 Å². The molecule has 0 bridgehead atoms. The second-order valence-corrected chi connectivity index (χ2v) is 27.9. The quantitative estimate of drug-likeness (QED) is 0.0348. The van der Waals surface area contributed by atoms with Crippen LogP contribution in [0.5, 0.6) is 0 Å². The smallest absolute Gasteiger partial charge is 0.417 e. The summed E-state index contributed by atoms with van der Waals surface area (Å²) in [5.74, 6) is -1.43. The van der Waals surface area contributed by atoms with Crippen LogP contribution in [0.25, 0.3) is 29.4 Å². The summed E-state index contributed by atoms with van der Waals surface area (Å²) in [5.41, 5.74) is 11.2. The number of ether oxygens (including phenoxy) is 5. The summed E-state index contributed by atoms with van der Waals surface area (Å²) in [6.45, 7) is 13.0. The van der Waals surface area contributed by atoms with E-state index in [1.54, 1.807) is 36.7 Å². The van der Waals surface area contributed by atoms with Gasteiger partial charge in [0, 0.05) is 36.7 Å². The molecule has 1 aromatic heterocycles. The van der Waals surface area contributed by atoms with Crippen molar-refractivity contribution in [3.8, 4) is 11.1 Å².